The van der Waals surface area contributed by atoms with Gasteiger partial charge in [0.25, 0.3) is 0 Å². The zero-order chi connectivity index (χ0) is 15.1. The van der Waals surface area contributed by atoms with Gasteiger partial charge in [-0.05, 0) is 51.0 Å². The van der Waals surface area contributed by atoms with E-state index >= 15 is 0 Å². The molecule has 0 saturated carbocycles. The van der Waals surface area contributed by atoms with E-state index in [1.807, 2.05) is 20.0 Å². The van der Waals surface area contributed by atoms with Crippen LogP contribution >= 0.6 is 40.1 Å². The number of aryl methyl sites for hydroxylation is 1. The van der Waals surface area contributed by atoms with Gasteiger partial charge in [0.15, 0.2) is 0 Å². The highest BCUT2D eigenvalue weighted by molar-refractivity contribution is 9.10. The molecule has 2 rings (SSSR count). The molecule has 0 unspecified atom stereocenters. The van der Waals surface area contributed by atoms with Gasteiger partial charge in [-0.1, -0.05) is 17.8 Å². The maximum Gasteiger partial charge on any atom is 0.209 e. The first-order valence-corrected chi connectivity index (χ1v) is 8.45. The van der Waals surface area contributed by atoms with E-state index in [0.717, 1.165) is 34.2 Å². The summed E-state index contributed by atoms with van der Waals surface area (Å²) < 4.78 is 8.16. The first-order chi connectivity index (χ1) is 10.2. The predicted molar refractivity (Wildman–Crippen MR) is 93.8 cm³/mol. The Morgan fingerprint density at radius 1 is 1.41 bits per heavy atom. The Hall–Kier alpha value is -0.830. The van der Waals surface area contributed by atoms with Gasteiger partial charge in [0.05, 0.1) is 11.1 Å². The zero-order valence-corrected chi connectivity index (χ0v) is 15.7. The largest absolute Gasteiger partial charge is 0.493 e. The van der Waals surface area contributed by atoms with Crippen molar-refractivity contribution in [3.63, 3.8) is 0 Å². The lowest BCUT2D eigenvalue weighted by molar-refractivity contribution is 0.338. The van der Waals surface area contributed by atoms with Crippen LogP contribution in [0.5, 0.6) is 5.75 Å². The molecule has 0 aliphatic carbocycles. The zero-order valence-electron chi connectivity index (χ0n) is 12.5. The molecule has 1 aromatic heterocycles. The number of hydrogen-bond donors (Lipinski definition) is 1. The second-order valence-corrected chi connectivity index (χ2v) is 6.22. The van der Waals surface area contributed by atoms with E-state index in [1.165, 1.54) is 5.56 Å². The Bertz CT molecular complexity index is 583. The maximum absolute atomic E-state index is 5.50. The van der Waals surface area contributed by atoms with Gasteiger partial charge in [0.2, 0.25) is 5.16 Å². The van der Waals surface area contributed by atoms with Gasteiger partial charge in [-0.25, -0.2) is 4.68 Å². The average molecular weight is 409 g/mol. The van der Waals surface area contributed by atoms with Crippen LogP contribution in [-0.4, -0.2) is 39.1 Å². The van der Waals surface area contributed by atoms with E-state index in [1.54, 1.807) is 16.4 Å². The molecule has 122 valence electrons. The molecule has 0 fully saturated rings. The van der Waals surface area contributed by atoms with Crippen LogP contribution in [0.1, 0.15) is 12.5 Å². The molecule has 0 aliphatic rings. The van der Waals surface area contributed by atoms with Crippen LogP contribution in [0.25, 0.3) is 0 Å². The van der Waals surface area contributed by atoms with Crippen LogP contribution < -0.4 is 10.1 Å². The first-order valence-electron chi connectivity index (χ1n) is 6.67. The van der Waals surface area contributed by atoms with E-state index in [-0.39, 0.29) is 12.4 Å². The summed E-state index contributed by atoms with van der Waals surface area (Å²) in [5.41, 5.74) is 1.22. The molecule has 0 atom stereocenters. The van der Waals surface area contributed by atoms with E-state index in [4.69, 9.17) is 4.74 Å². The Kier molecular flexibility index (Phi) is 8.77. The number of nitrogens with zero attached hydrogens (tertiary/aromatic N) is 4. The summed E-state index contributed by atoms with van der Waals surface area (Å²) in [5.74, 6) is 1.80. The van der Waals surface area contributed by atoms with Crippen LogP contribution in [-0.2, 0) is 13.6 Å². The number of benzene rings is 1. The molecule has 0 spiro atoms. The van der Waals surface area contributed by atoms with Crippen molar-refractivity contribution in [2.75, 3.05) is 18.9 Å². The van der Waals surface area contributed by atoms with E-state index in [2.05, 4.69) is 48.9 Å². The quantitative estimate of drug-likeness (QED) is 0.535. The Labute approximate surface area is 148 Å². The summed E-state index contributed by atoms with van der Waals surface area (Å²) in [7, 11) is 1.84. The van der Waals surface area contributed by atoms with Gasteiger partial charge in [-0.3, -0.25) is 0 Å². The molecular formula is C13H19BrClN5OS. The summed E-state index contributed by atoms with van der Waals surface area (Å²) in [6.07, 6.45) is 0. The van der Waals surface area contributed by atoms with Gasteiger partial charge in [-0.15, -0.1) is 17.5 Å². The first kappa shape index (κ1) is 19.2. The van der Waals surface area contributed by atoms with E-state index in [9.17, 15) is 0 Å². The van der Waals surface area contributed by atoms with Crippen molar-refractivity contribution in [3.8, 4) is 5.75 Å². The van der Waals surface area contributed by atoms with Crippen LogP contribution in [0.15, 0.2) is 27.8 Å². The third kappa shape index (κ3) is 5.75. The molecular weight excluding hydrogens is 390 g/mol. The summed E-state index contributed by atoms with van der Waals surface area (Å²) >= 11 is 5.16. The summed E-state index contributed by atoms with van der Waals surface area (Å²) in [4.78, 5) is 0. The second-order valence-electron chi connectivity index (χ2n) is 4.31. The third-order valence-electron chi connectivity index (χ3n) is 2.72. The fourth-order valence-electron chi connectivity index (χ4n) is 1.72. The smallest absolute Gasteiger partial charge is 0.209 e. The topological polar surface area (TPSA) is 64.9 Å². The highest BCUT2D eigenvalue weighted by Gasteiger charge is 2.03. The standard InChI is InChI=1S/C13H18BrN5OS.ClH/c1-3-20-12-5-4-10(8-11(12)14)9-15-6-7-21-13-16-17-18-19(13)2;/h4-5,8,15H,3,6-7,9H2,1-2H3;1H. The number of aromatic nitrogens is 4. The van der Waals surface area contributed by atoms with Gasteiger partial charge in [-0.2, -0.15) is 0 Å². The summed E-state index contributed by atoms with van der Waals surface area (Å²) in [6.45, 7) is 4.36. The molecule has 0 aliphatic heterocycles. The maximum atomic E-state index is 5.50. The molecule has 2 aromatic rings. The lowest BCUT2D eigenvalue weighted by Crippen LogP contribution is -2.16. The highest BCUT2D eigenvalue weighted by Crippen LogP contribution is 2.25. The van der Waals surface area contributed by atoms with Crippen molar-refractivity contribution in [2.24, 2.45) is 7.05 Å². The molecule has 1 heterocycles. The molecule has 0 amide bonds. The van der Waals surface area contributed by atoms with E-state index < -0.39 is 0 Å². The van der Waals surface area contributed by atoms with Crippen molar-refractivity contribution < 1.29 is 4.74 Å². The van der Waals surface area contributed by atoms with Crippen molar-refractivity contribution in [2.45, 2.75) is 18.6 Å². The highest BCUT2D eigenvalue weighted by atomic mass is 79.9. The molecule has 1 aromatic carbocycles. The lowest BCUT2D eigenvalue weighted by Gasteiger charge is -2.09. The third-order valence-corrected chi connectivity index (χ3v) is 4.35. The Morgan fingerprint density at radius 3 is 2.86 bits per heavy atom. The van der Waals surface area contributed by atoms with Crippen LogP contribution in [0.2, 0.25) is 0 Å². The lowest BCUT2D eigenvalue weighted by atomic mass is 10.2. The minimum Gasteiger partial charge on any atom is -0.493 e. The number of ether oxygens (including phenoxy) is 1. The molecule has 0 saturated heterocycles. The molecule has 0 radical (unpaired) electrons. The number of rotatable bonds is 8. The van der Waals surface area contributed by atoms with Crippen LogP contribution in [0.4, 0.5) is 0 Å². The van der Waals surface area contributed by atoms with Crippen LogP contribution in [0, 0.1) is 0 Å². The van der Waals surface area contributed by atoms with Crippen molar-refractivity contribution in [1.82, 2.24) is 25.5 Å². The Balaban J connectivity index is 0.00000242. The number of nitrogens with one attached hydrogen (secondary N) is 1. The van der Waals surface area contributed by atoms with Gasteiger partial charge in [0.1, 0.15) is 5.75 Å². The molecule has 22 heavy (non-hydrogen) atoms. The fraction of sp³-hybridized carbons (Fsp3) is 0.462. The SMILES string of the molecule is CCOc1ccc(CNCCSc2nnnn2C)cc1Br.Cl. The van der Waals surface area contributed by atoms with Crippen LogP contribution in [0.3, 0.4) is 0 Å². The monoisotopic (exact) mass is 407 g/mol. The van der Waals surface area contributed by atoms with Crippen molar-refractivity contribution in [1.29, 1.82) is 0 Å². The fourth-order valence-corrected chi connectivity index (χ4v) is 3.00. The second kappa shape index (κ2) is 10.0. The van der Waals surface area contributed by atoms with E-state index in [0.29, 0.717) is 6.61 Å². The summed E-state index contributed by atoms with van der Waals surface area (Å²) in [5, 5.41) is 15.6. The molecule has 6 nitrogen and oxygen atoms in total. The normalized spacial score (nSPS) is 10.3. The number of tetrazole rings is 1. The molecule has 0 bridgehead atoms. The number of halogens is 2. The summed E-state index contributed by atoms with van der Waals surface area (Å²) in [6, 6.07) is 6.14. The van der Waals surface area contributed by atoms with Gasteiger partial charge < -0.3 is 10.1 Å². The Morgan fingerprint density at radius 2 is 2.23 bits per heavy atom. The number of thioether (sulfide) groups is 1. The minimum absolute atomic E-state index is 0. The number of hydrogen-bond acceptors (Lipinski definition) is 6. The molecule has 1 N–H and O–H groups in total. The minimum atomic E-state index is 0. The predicted octanol–water partition coefficient (Wildman–Crippen LogP) is 2.68. The van der Waals surface area contributed by atoms with Crippen molar-refractivity contribution >= 4 is 40.1 Å². The van der Waals surface area contributed by atoms with Gasteiger partial charge in [0, 0.05) is 25.9 Å². The molecule has 9 heteroatoms. The van der Waals surface area contributed by atoms with Gasteiger partial charge >= 0.3 is 0 Å². The average Bonchev–Trinajstić information content (AvgIpc) is 2.87. The van der Waals surface area contributed by atoms with Crippen molar-refractivity contribution in [3.05, 3.63) is 28.2 Å².